The second kappa shape index (κ2) is 5.84. The van der Waals surface area contributed by atoms with Gasteiger partial charge in [-0.3, -0.25) is 0 Å². The molecule has 0 bridgehead atoms. The Morgan fingerprint density at radius 1 is 1.21 bits per heavy atom. The number of hydrogen-bond acceptors (Lipinski definition) is 5. The first kappa shape index (κ1) is 14.2. The van der Waals surface area contributed by atoms with Gasteiger partial charge in [0.2, 0.25) is 0 Å². The second-order valence-electron chi connectivity index (χ2n) is 5.61. The Labute approximate surface area is 118 Å². The van der Waals surface area contributed by atoms with Gasteiger partial charge in [-0.2, -0.15) is 0 Å². The third-order valence-electron chi connectivity index (χ3n) is 2.80. The quantitative estimate of drug-likeness (QED) is 0.825. The second-order valence-corrected chi connectivity index (χ2v) is 6.73. The van der Waals surface area contributed by atoms with E-state index in [1.807, 2.05) is 0 Å². The van der Waals surface area contributed by atoms with E-state index in [0.29, 0.717) is 0 Å². The smallest absolute Gasteiger partial charge is 0.138 e. The van der Waals surface area contributed by atoms with Crippen LogP contribution in [0.2, 0.25) is 0 Å². The first-order valence-corrected chi connectivity index (χ1v) is 7.53. The lowest BCUT2D eigenvalue weighted by atomic mass is 10.1. The van der Waals surface area contributed by atoms with Crippen molar-refractivity contribution >= 4 is 27.4 Å². The molecule has 0 spiro atoms. The number of hydrogen-bond donors (Lipinski definition) is 2. The predicted molar refractivity (Wildman–Crippen MR) is 83.0 cm³/mol. The lowest BCUT2D eigenvalue weighted by molar-refractivity contribution is 0.435. The van der Waals surface area contributed by atoms with Gasteiger partial charge >= 0.3 is 0 Å². The third-order valence-corrected chi connectivity index (χ3v) is 3.99. The molecule has 0 unspecified atom stereocenters. The molecule has 0 saturated carbocycles. The molecule has 104 valence electrons. The Kier molecular flexibility index (Phi) is 4.37. The van der Waals surface area contributed by atoms with Crippen molar-refractivity contribution in [3.8, 4) is 0 Å². The zero-order chi connectivity index (χ0) is 13.9. The highest BCUT2D eigenvalue weighted by Gasteiger charge is 2.09. The van der Waals surface area contributed by atoms with Crippen molar-refractivity contribution in [2.45, 2.75) is 39.7 Å². The van der Waals surface area contributed by atoms with E-state index in [0.717, 1.165) is 35.5 Å². The molecule has 2 rings (SSSR count). The van der Waals surface area contributed by atoms with E-state index in [1.165, 1.54) is 4.88 Å². The Hall–Kier alpha value is -1.20. The number of thiophene rings is 1. The molecule has 5 heteroatoms. The molecular weight excluding hydrogens is 256 g/mol. The van der Waals surface area contributed by atoms with Crippen LogP contribution in [0.15, 0.2) is 12.4 Å². The highest BCUT2D eigenvalue weighted by molar-refractivity contribution is 7.18. The molecule has 2 aromatic rings. The fraction of sp³-hybridized carbons (Fsp3) is 0.571. The number of rotatable bonds is 5. The van der Waals surface area contributed by atoms with Gasteiger partial charge in [-0.15, -0.1) is 11.3 Å². The number of anilines is 1. The molecule has 4 nitrogen and oxygen atoms in total. The van der Waals surface area contributed by atoms with E-state index in [-0.39, 0.29) is 5.54 Å². The number of aryl methyl sites for hydroxylation is 1. The minimum absolute atomic E-state index is 0.153. The highest BCUT2D eigenvalue weighted by atomic mass is 32.1. The van der Waals surface area contributed by atoms with Crippen LogP contribution in [0.25, 0.3) is 10.2 Å². The maximum absolute atomic E-state index is 4.35. The van der Waals surface area contributed by atoms with Crippen LogP contribution in [-0.4, -0.2) is 28.6 Å². The summed E-state index contributed by atoms with van der Waals surface area (Å²) in [5.74, 6) is 0.941. The Bertz CT molecular complexity index is 542. The number of nitrogens with one attached hydrogen (secondary N) is 2. The monoisotopic (exact) mass is 278 g/mol. The van der Waals surface area contributed by atoms with Gasteiger partial charge in [-0.25, -0.2) is 9.97 Å². The summed E-state index contributed by atoms with van der Waals surface area (Å²) in [6.07, 6.45) is 2.68. The minimum Gasteiger partial charge on any atom is -0.368 e. The minimum atomic E-state index is 0.153. The zero-order valence-electron chi connectivity index (χ0n) is 12.1. The SMILES string of the molecule is CCc1cc2c(NCCNC(C)(C)C)ncnc2s1. The van der Waals surface area contributed by atoms with Crippen LogP contribution in [0.5, 0.6) is 0 Å². The molecule has 2 N–H and O–H groups in total. The fourth-order valence-corrected chi connectivity index (χ4v) is 2.77. The fourth-order valence-electron chi connectivity index (χ4n) is 1.84. The molecular formula is C14H22N4S. The Balaban J connectivity index is 2.02. The lowest BCUT2D eigenvalue weighted by Gasteiger charge is -2.20. The molecule has 0 aliphatic heterocycles. The van der Waals surface area contributed by atoms with Crippen LogP contribution >= 0.6 is 11.3 Å². The molecule has 0 aliphatic carbocycles. The maximum atomic E-state index is 4.35. The normalized spacial score (nSPS) is 12.0. The van der Waals surface area contributed by atoms with Crippen molar-refractivity contribution in [2.24, 2.45) is 0 Å². The van der Waals surface area contributed by atoms with Crippen molar-refractivity contribution in [2.75, 3.05) is 18.4 Å². The lowest BCUT2D eigenvalue weighted by Crippen LogP contribution is -2.38. The molecule has 0 aliphatic rings. The van der Waals surface area contributed by atoms with E-state index in [9.17, 15) is 0 Å². The summed E-state index contributed by atoms with van der Waals surface area (Å²) < 4.78 is 0. The Morgan fingerprint density at radius 3 is 2.68 bits per heavy atom. The topological polar surface area (TPSA) is 49.8 Å². The molecule has 2 heterocycles. The van der Waals surface area contributed by atoms with E-state index in [4.69, 9.17) is 0 Å². The molecule has 0 amide bonds. The van der Waals surface area contributed by atoms with Crippen molar-refractivity contribution in [1.82, 2.24) is 15.3 Å². The molecule has 0 saturated heterocycles. The molecule has 0 atom stereocenters. The van der Waals surface area contributed by atoms with Crippen molar-refractivity contribution in [1.29, 1.82) is 0 Å². The van der Waals surface area contributed by atoms with Crippen molar-refractivity contribution in [3.63, 3.8) is 0 Å². The number of nitrogens with zero attached hydrogens (tertiary/aromatic N) is 2. The summed E-state index contributed by atoms with van der Waals surface area (Å²) in [4.78, 5) is 11.1. The first-order chi connectivity index (χ1) is 8.99. The summed E-state index contributed by atoms with van der Waals surface area (Å²) in [7, 11) is 0. The first-order valence-electron chi connectivity index (χ1n) is 6.72. The van der Waals surface area contributed by atoms with Crippen molar-refractivity contribution in [3.05, 3.63) is 17.3 Å². The predicted octanol–water partition coefficient (Wildman–Crippen LogP) is 3.05. The van der Waals surface area contributed by atoms with Gasteiger partial charge in [0.1, 0.15) is 17.0 Å². The summed E-state index contributed by atoms with van der Waals surface area (Å²) >= 11 is 1.75. The largest absolute Gasteiger partial charge is 0.368 e. The average molecular weight is 278 g/mol. The molecule has 19 heavy (non-hydrogen) atoms. The Morgan fingerprint density at radius 2 is 2.00 bits per heavy atom. The average Bonchev–Trinajstić information content (AvgIpc) is 2.77. The van der Waals surface area contributed by atoms with Crippen molar-refractivity contribution < 1.29 is 0 Å². The van der Waals surface area contributed by atoms with Crippen LogP contribution in [0, 0.1) is 0 Å². The van der Waals surface area contributed by atoms with Crippen LogP contribution in [0.3, 0.4) is 0 Å². The van der Waals surface area contributed by atoms with Gasteiger partial charge < -0.3 is 10.6 Å². The highest BCUT2D eigenvalue weighted by Crippen LogP contribution is 2.28. The van der Waals surface area contributed by atoms with Crippen LogP contribution < -0.4 is 10.6 Å². The van der Waals surface area contributed by atoms with Gasteiger partial charge in [-0.05, 0) is 33.3 Å². The van der Waals surface area contributed by atoms with Gasteiger partial charge in [0.05, 0.1) is 5.39 Å². The van der Waals surface area contributed by atoms with E-state index < -0.39 is 0 Å². The zero-order valence-corrected chi connectivity index (χ0v) is 12.9. The van der Waals surface area contributed by atoms with E-state index >= 15 is 0 Å². The summed E-state index contributed by atoms with van der Waals surface area (Å²) in [5, 5.41) is 7.98. The molecule has 0 aromatic carbocycles. The number of fused-ring (bicyclic) bond motifs is 1. The summed E-state index contributed by atoms with van der Waals surface area (Å²) in [6.45, 7) is 10.5. The van der Waals surface area contributed by atoms with E-state index in [1.54, 1.807) is 17.7 Å². The third kappa shape index (κ3) is 3.88. The molecule has 0 radical (unpaired) electrons. The standard InChI is InChI=1S/C14H22N4S/c1-5-10-8-11-12(16-9-17-13(11)19-10)15-6-7-18-14(2,3)4/h8-9,18H,5-7H2,1-4H3,(H,15,16,17). The summed E-state index contributed by atoms with van der Waals surface area (Å²) in [5.41, 5.74) is 0.153. The van der Waals surface area contributed by atoms with Crippen LogP contribution in [0.1, 0.15) is 32.6 Å². The van der Waals surface area contributed by atoms with Gasteiger partial charge in [0.25, 0.3) is 0 Å². The van der Waals surface area contributed by atoms with E-state index in [2.05, 4.69) is 54.4 Å². The maximum Gasteiger partial charge on any atom is 0.138 e. The summed E-state index contributed by atoms with van der Waals surface area (Å²) in [6, 6.07) is 2.19. The van der Waals surface area contributed by atoms with Gasteiger partial charge in [0.15, 0.2) is 0 Å². The van der Waals surface area contributed by atoms with Crippen LogP contribution in [0.4, 0.5) is 5.82 Å². The molecule has 2 aromatic heterocycles. The molecule has 0 fully saturated rings. The number of aromatic nitrogens is 2. The van der Waals surface area contributed by atoms with Gasteiger partial charge in [0, 0.05) is 23.5 Å². The van der Waals surface area contributed by atoms with Gasteiger partial charge in [-0.1, -0.05) is 6.92 Å². The van der Waals surface area contributed by atoms with Crippen LogP contribution in [-0.2, 0) is 6.42 Å².